The largest absolute Gasteiger partial charge is 0.477 e. The number of imidazole rings is 1. The normalized spacial score (nSPS) is 21.1. The van der Waals surface area contributed by atoms with Crippen molar-refractivity contribution in [2.24, 2.45) is 5.92 Å². The van der Waals surface area contributed by atoms with Crippen LogP contribution in [0, 0.1) is 5.92 Å². The molecule has 6 nitrogen and oxygen atoms in total. The van der Waals surface area contributed by atoms with Crippen LogP contribution < -0.4 is 5.32 Å². The number of carbonyl (C=O) groups excluding carboxylic acids is 1. The summed E-state index contributed by atoms with van der Waals surface area (Å²) in [4.78, 5) is 29.6. The highest BCUT2D eigenvalue weighted by Gasteiger charge is 2.45. The number of carboxylic acids is 1. The Kier molecular flexibility index (Phi) is 2.39. The van der Waals surface area contributed by atoms with Crippen molar-refractivity contribution in [1.82, 2.24) is 15.3 Å². The third kappa shape index (κ3) is 1.77. The maximum absolute atomic E-state index is 11.9. The van der Waals surface area contributed by atoms with E-state index in [1.54, 1.807) is 0 Å². The van der Waals surface area contributed by atoms with Gasteiger partial charge in [0.25, 0.3) is 0 Å². The molecule has 0 spiro atoms. The molecule has 0 aliphatic heterocycles. The van der Waals surface area contributed by atoms with E-state index in [9.17, 15) is 9.59 Å². The molecule has 6 heteroatoms. The molecule has 2 aliphatic rings. The van der Waals surface area contributed by atoms with Crippen LogP contribution in [0.25, 0.3) is 0 Å². The topological polar surface area (TPSA) is 95.1 Å². The van der Waals surface area contributed by atoms with Crippen LogP contribution >= 0.6 is 0 Å². The molecule has 0 saturated heterocycles. The second kappa shape index (κ2) is 3.83. The fraction of sp³-hybridized carbons (Fsp3) is 0.583. The minimum absolute atomic E-state index is 0.0666. The number of nitrogens with one attached hydrogen (secondary N) is 2. The molecule has 2 fully saturated rings. The minimum atomic E-state index is -1.03. The van der Waals surface area contributed by atoms with Crippen LogP contribution in [-0.4, -0.2) is 27.0 Å². The van der Waals surface area contributed by atoms with E-state index in [1.165, 1.54) is 6.20 Å². The van der Waals surface area contributed by atoms with Crippen LogP contribution in [-0.2, 0) is 10.3 Å². The number of nitrogens with zero attached hydrogens (tertiary/aromatic N) is 1. The van der Waals surface area contributed by atoms with Gasteiger partial charge in [0.15, 0.2) is 0 Å². The van der Waals surface area contributed by atoms with Crippen LogP contribution in [0.15, 0.2) is 6.20 Å². The fourth-order valence-electron chi connectivity index (χ4n) is 2.31. The van der Waals surface area contributed by atoms with Gasteiger partial charge in [0, 0.05) is 5.92 Å². The summed E-state index contributed by atoms with van der Waals surface area (Å²) in [5.74, 6) is -0.240. The Morgan fingerprint density at radius 1 is 1.44 bits per heavy atom. The Morgan fingerprint density at radius 3 is 2.61 bits per heavy atom. The van der Waals surface area contributed by atoms with Crippen molar-refractivity contribution in [3.05, 3.63) is 17.7 Å². The molecular weight excluding hydrogens is 234 g/mol. The third-order valence-electron chi connectivity index (χ3n) is 3.78. The van der Waals surface area contributed by atoms with Gasteiger partial charge in [-0.25, -0.2) is 9.78 Å². The van der Waals surface area contributed by atoms with Crippen LogP contribution in [0.4, 0.5) is 0 Å². The summed E-state index contributed by atoms with van der Waals surface area (Å²) in [7, 11) is 0. The Balaban J connectivity index is 1.81. The van der Waals surface area contributed by atoms with Gasteiger partial charge in [0.05, 0.1) is 11.7 Å². The molecule has 1 aromatic rings. The van der Waals surface area contributed by atoms with Gasteiger partial charge < -0.3 is 15.4 Å². The number of H-pyrrole nitrogens is 1. The van der Waals surface area contributed by atoms with E-state index in [4.69, 9.17) is 5.11 Å². The van der Waals surface area contributed by atoms with Crippen molar-refractivity contribution in [3.8, 4) is 0 Å². The molecule has 0 radical (unpaired) electrons. The predicted octanol–water partition coefficient (Wildman–Crippen LogP) is 1.01. The molecule has 3 rings (SSSR count). The first-order valence-electron chi connectivity index (χ1n) is 6.21. The number of hydrogen-bond donors (Lipinski definition) is 3. The Hall–Kier alpha value is -1.85. The maximum atomic E-state index is 11.9. The standard InChI is InChI=1S/C12H15N3O3/c16-9(7-2-3-7)15-12(4-1-5-12)11-13-6-8(14-11)10(17)18/h6-7H,1-5H2,(H,13,14)(H,15,16)(H,17,18). The molecule has 1 amide bonds. The zero-order chi connectivity index (χ0) is 12.8. The van der Waals surface area contributed by atoms with Crippen molar-refractivity contribution in [2.75, 3.05) is 0 Å². The van der Waals surface area contributed by atoms with Crippen molar-refractivity contribution in [3.63, 3.8) is 0 Å². The number of carbonyl (C=O) groups is 2. The molecule has 2 aliphatic carbocycles. The number of aromatic nitrogens is 2. The highest BCUT2D eigenvalue weighted by Crippen LogP contribution is 2.41. The van der Waals surface area contributed by atoms with Crippen LogP contribution in [0.1, 0.15) is 48.4 Å². The summed E-state index contributed by atoms with van der Waals surface area (Å²) >= 11 is 0. The first-order valence-corrected chi connectivity index (χ1v) is 6.21. The Bertz CT molecular complexity index is 500. The quantitative estimate of drug-likeness (QED) is 0.742. The lowest BCUT2D eigenvalue weighted by Crippen LogP contribution is -2.52. The van der Waals surface area contributed by atoms with Gasteiger partial charge >= 0.3 is 5.97 Å². The molecule has 1 heterocycles. The molecule has 0 atom stereocenters. The molecule has 1 aromatic heterocycles. The lowest BCUT2D eigenvalue weighted by Gasteiger charge is -2.40. The van der Waals surface area contributed by atoms with E-state index in [0.717, 1.165) is 32.1 Å². The van der Waals surface area contributed by atoms with Crippen molar-refractivity contribution in [1.29, 1.82) is 0 Å². The first-order chi connectivity index (χ1) is 8.61. The van der Waals surface area contributed by atoms with Crippen molar-refractivity contribution in [2.45, 2.75) is 37.6 Å². The van der Waals surface area contributed by atoms with Gasteiger partial charge in [-0.2, -0.15) is 0 Å². The number of aromatic carboxylic acids is 1. The van der Waals surface area contributed by atoms with E-state index >= 15 is 0 Å². The summed E-state index contributed by atoms with van der Waals surface area (Å²) in [5.41, 5.74) is -0.398. The summed E-state index contributed by atoms with van der Waals surface area (Å²) < 4.78 is 0. The van der Waals surface area contributed by atoms with Crippen LogP contribution in [0.5, 0.6) is 0 Å². The number of amides is 1. The van der Waals surface area contributed by atoms with Gasteiger partial charge in [-0.3, -0.25) is 4.79 Å². The van der Waals surface area contributed by atoms with E-state index in [-0.39, 0.29) is 17.5 Å². The molecule has 0 aromatic carbocycles. The molecule has 18 heavy (non-hydrogen) atoms. The first kappa shape index (κ1) is 11.3. The highest BCUT2D eigenvalue weighted by atomic mass is 16.4. The number of hydrogen-bond acceptors (Lipinski definition) is 3. The smallest absolute Gasteiger partial charge is 0.353 e. The van der Waals surface area contributed by atoms with E-state index < -0.39 is 11.5 Å². The van der Waals surface area contributed by atoms with Gasteiger partial charge in [0.2, 0.25) is 5.91 Å². The lowest BCUT2D eigenvalue weighted by atomic mass is 9.76. The monoisotopic (exact) mass is 249 g/mol. The second-order valence-corrected chi connectivity index (χ2v) is 5.15. The van der Waals surface area contributed by atoms with Gasteiger partial charge in [0.1, 0.15) is 11.5 Å². The molecular formula is C12H15N3O3. The van der Waals surface area contributed by atoms with Crippen molar-refractivity contribution < 1.29 is 14.7 Å². The lowest BCUT2D eigenvalue weighted by molar-refractivity contribution is -0.125. The van der Waals surface area contributed by atoms with E-state index in [1.807, 2.05) is 0 Å². The molecule has 3 N–H and O–H groups in total. The van der Waals surface area contributed by atoms with E-state index in [0.29, 0.717) is 5.82 Å². The highest BCUT2D eigenvalue weighted by molar-refractivity contribution is 5.85. The summed E-state index contributed by atoms with van der Waals surface area (Å²) in [6, 6.07) is 0. The van der Waals surface area contributed by atoms with Gasteiger partial charge in [-0.05, 0) is 32.1 Å². The summed E-state index contributed by atoms with van der Waals surface area (Å²) in [5, 5.41) is 11.9. The zero-order valence-electron chi connectivity index (χ0n) is 9.90. The average molecular weight is 249 g/mol. The SMILES string of the molecule is O=C(O)c1cnc(C2(NC(=O)C3CC3)CCC2)[nH]1. The number of aromatic amines is 1. The van der Waals surface area contributed by atoms with Crippen LogP contribution in [0.3, 0.4) is 0 Å². The zero-order valence-corrected chi connectivity index (χ0v) is 9.90. The summed E-state index contributed by atoms with van der Waals surface area (Å²) in [6.45, 7) is 0. The number of rotatable bonds is 4. The Labute approximate surface area is 104 Å². The predicted molar refractivity (Wildman–Crippen MR) is 61.9 cm³/mol. The van der Waals surface area contributed by atoms with E-state index in [2.05, 4.69) is 15.3 Å². The third-order valence-corrected chi connectivity index (χ3v) is 3.78. The fourth-order valence-corrected chi connectivity index (χ4v) is 2.31. The van der Waals surface area contributed by atoms with Crippen LogP contribution in [0.2, 0.25) is 0 Å². The van der Waals surface area contributed by atoms with Gasteiger partial charge in [-0.15, -0.1) is 0 Å². The average Bonchev–Trinajstić information content (AvgIpc) is 3.01. The second-order valence-electron chi connectivity index (χ2n) is 5.15. The number of carboxylic acid groups (broad SMARTS) is 1. The summed E-state index contributed by atoms with van der Waals surface area (Å²) in [6.07, 6.45) is 5.88. The molecule has 2 saturated carbocycles. The minimum Gasteiger partial charge on any atom is -0.477 e. The van der Waals surface area contributed by atoms with Crippen molar-refractivity contribution >= 4 is 11.9 Å². The van der Waals surface area contributed by atoms with Gasteiger partial charge in [-0.1, -0.05) is 0 Å². The molecule has 96 valence electrons. The maximum Gasteiger partial charge on any atom is 0.353 e. The molecule has 0 bridgehead atoms. The Morgan fingerprint density at radius 2 is 2.17 bits per heavy atom. The molecule has 0 unspecified atom stereocenters.